The first-order valence-electron chi connectivity index (χ1n) is 9.48. The van der Waals surface area contributed by atoms with Gasteiger partial charge in [0.2, 0.25) is 0 Å². The Bertz CT molecular complexity index is 546. The van der Waals surface area contributed by atoms with Crippen molar-refractivity contribution in [3.8, 4) is 0 Å². The van der Waals surface area contributed by atoms with Gasteiger partial charge in [0.25, 0.3) is 5.69 Å². The SMILES string of the molecule is CCCCCCCCCCCCSc1ccc([N+](=O)[O-])cc1C(C)=O. The monoisotopic (exact) mass is 365 g/mol. The van der Waals surface area contributed by atoms with Gasteiger partial charge in [-0.25, -0.2) is 0 Å². The molecule has 0 saturated carbocycles. The second kappa shape index (κ2) is 12.9. The highest BCUT2D eigenvalue weighted by atomic mass is 32.2. The molecule has 0 amide bonds. The van der Waals surface area contributed by atoms with E-state index in [-0.39, 0.29) is 11.5 Å². The maximum atomic E-state index is 11.7. The van der Waals surface area contributed by atoms with Crippen molar-refractivity contribution in [1.82, 2.24) is 0 Å². The molecule has 1 aromatic rings. The number of carbonyl (C=O) groups excluding carboxylic acids is 1. The fraction of sp³-hybridized carbons (Fsp3) is 0.650. The van der Waals surface area contributed by atoms with E-state index in [2.05, 4.69) is 6.92 Å². The maximum absolute atomic E-state index is 11.7. The number of Topliss-reactive ketones (excluding diaryl/α,β-unsaturated/α-hetero) is 1. The van der Waals surface area contributed by atoms with Crippen LogP contribution in [0.3, 0.4) is 0 Å². The zero-order valence-corrected chi connectivity index (χ0v) is 16.4. The summed E-state index contributed by atoms with van der Waals surface area (Å²) in [6, 6.07) is 4.58. The first-order chi connectivity index (χ1) is 12.1. The van der Waals surface area contributed by atoms with Gasteiger partial charge in [0.15, 0.2) is 5.78 Å². The number of ketones is 1. The van der Waals surface area contributed by atoms with E-state index in [1.807, 2.05) is 0 Å². The fourth-order valence-electron chi connectivity index (χ4n) is 2.80. The predicted molar refractivity (Wildman–Crippen MR) is 106 cm³/mol. The maximum Gasteiger partial charge on any atom is 0.270 e. The quantitative estimate of drug-likeness (QED) is 0.119. The smallest absolute Gasteiger partial charge is 0.270 e. The standard InChI is InChI=1S/C20H31NO3S/c1-3-4-5-6-7-8-9-10-11-12-15-25-20-14-13-18(21(23)24)16-19(20)17(2)22/h13-14,16H,3-12,15H2,1-2H3. The first kappa shape index (κ1) is 21.7. The van der Waals surface area contributed by atoms with Crippen LogP contribution in [0.2, 0.25) is 0 Å². The van der Waals surface area contributed by atoms with Crippen LogP contribution in [-0.2, 0) is 0 Å². The van der Waals surface area contributed by atoms with Crippen LogP contribution < -0.4 is 0 Å². The Morgan fingerprint density at radius 1 is 1.00 bits per heavy atom. The van der Waals surface area contributed by atoms with Gasteiger partial charge < -0.3 is 0 Å². The normalized spacial score (nSPS) is 10.8. The van der Waals surface area contributed by atoms with Gasteiger partial charge in [0.1, 0.15) is 0 Å². The summed E-state index contributed by atoms with van der Waals surface area (Å²) in [5, 5.41) is 10.8. The van der Waals surface area contributed by atoms with E-state index in [1.165, 1.54) is 76.8 Å². The van der Waals surface area contributed by atoms with Crippen molar-refractivity contribution in [1.29, 1.82) is 0 Å². The molecule has 0 N–H and O–H groups in total. The number of rotatable bonds is 14. The number of benzene rings is 1. The zero-order valence-electron chi connectivity index (χ0n) is 15.6. The third-order valence-corrected chi connectivity index (χ3v) is 5.47. The van der Waals surface area contributed by atoms with E-state index in [1.54, 1.807) is 17.8 Å². The molecule has 25 heavy (non-hydrogen) atoms. The molecule has 4 nitrogen and oxygen atoms in total. The van der Waals surface area contributed by atoms with Crippen LogP contribution in [0.5, 0.6) is 0 Å². The number of nitro groups is 1. The van der Waals surface area contributed by atoms with E-state index in [4.69, 9.17) is 0 Å². The molecule has 0 unspecified atom stereocenters. The summed E-state index contributed by atoms with van der Waals surface area (Å²) in [6.45, 7) is 3.71. The minimum atomic E-state index is -0.455. The van der Waals surface area contributed by atoms with Crippen LogP contribution in [0.4, 0.5) is 5.69 Å². The number of carbonyl (C=O) groups is 1. The Morgan fingerprint density at radius 2 is 1.56 bits per heavy atom. The molecule has 0 heterocycles. The molecule has 0 bridgehead atoms. The fourth-order valence-corrected chi connectivity index (χ4v) is 3.89. The zero-order chi connectivity index (χ0) is 18.5. The summed E-state index contributed by atoms with van der Waals surface area (Å²) in [5.41, 5.74) is 0.444. The first-order valence-corrected chi connectivity index (χ1v) is 10.5. The van der Waals surface area contributed by atoms with Gasteiger partial charge in [-0.05, 0) is 25.2 Å². The second-order valence-electron chi connectivity index (χ2n) is 6.52. The molecule has 0 saturated heterocycles. The topological polar surface area (TPSA) is 60.2 Å². The number of nitrogens with zero attached hydrogens (tertiary/aromatic N) is 1. The lowest BCUT2D eigenvalue weighted by Gasteiger charge is -2.07. The highest BCUT2D eigenvalue weighted by Gasteiger charge is 2.14. The average Bonchev–Trinajstić information content (AvgIpc) is 2.59. The van der Waals surface area contributed by atoms with Crippen LogP contribution in [-0.4, -0.2) is 16.5 Å². The number of hydrogen-bond donors (Lipinski definition) is 0. The van der Waals surface area contributed by atoms with Crippen molar-refractivity contribution < 1.29 is 9.72 Å². The third kappa shape index (κ3) is 9.05. The summed E-state index contributed by atoms with van der Waals surface area (Å²) < 4.78 is 0. The van der Waals surface area contributed by atoms with Crippen molar-refractivity contribution in [2.45, 2.75) is 83.0 Å². The van der Waals surface area contributed by atoms with E-state index >= 15 is 0 Å². The van der Waals surface area contributed by atoms with Gasteiger partial charge in [-0.15, -0.1) is 11.8 Å². The number of hydrogen-bond acceptors (Lipinski definition) is 4. The van der Waals surface area contributed by atoms with Gasteiger partial charge in [-0.2, -0.15) is 0 Å². The van der Waals surface area contributed by atoms with Crippen molar-refractivity contribution in [3.05, 3.63) is 33.9 Å². The van der Waals surface area contributed by atoms with Gasteiger partial charge in [0.05, 0.1) is 4.92 Å². The summed E-state index contributed by atoms with van der Waals surface area (Å²) in [4.78, 5) is 22.9. The van der Waals surface area contributed by atoms with Crippen LogP contribution in [0.1, 0.15) is 88.4 Å². The van der Waals surface area contributed by atoms with Crippen molar-refractivity contribution in [2.24, 2.45) is 0 Å². The van der Waals surface area contributed by atoms with E-state index in [9.17, 15) is 14.9 Å². The molecule has 1 aromatic carbocycles. The van der Waals surface area contributed by atoms with E-state index < -0.39 is 4.92 Å². The minimum Gasteiger partial charge on any atom is -0.294 e. The lowest BCUT2D eigenvalue weighted by molar-refractivity contribution is -0.384. The molecule has 0 aromatic heterocycles. The third-order valence-electron chi connectivity index (χ3n) is 4.31. The van der Waals surface area contributed by atoms with Crippen molar-refractivity contribution >= 4 is 23.2 Å². The molecule has 140 valence electrons. The summed E-state index contributed by atoms with van der Waals surface area (Å²) in [6.07, 6.45) is 13.0. The van der Waals surface area contributed by atoms with Gasteiger partial charge in [0, 0.05) is 22.6 Å². The van der Waals surface area contributed by atoms with Crippen LogP contribution in [0, 0.1) is 10.1 Å². The molecule has 1 rings (SSSR count). The second-order valence-corrected chi connectivity index (χ2v) is 7.66. The Labute approximate surface area is 155 Å². The van der Waals surface area contributed by atoms with Crippen LogP contribution in [0.15, 0.2) is 23.1 Å². The Hall–Kier alpha value is -1.36. The molecule has 0 spiro atoms. The number of unbranched alkanes of at least 4 members (excludes halogenated alkanes) is 9. The van der Waals surface area contributed by atoms with E-state index in [0.29, 0.717) is 5.56 Å². The molecule has 0 fully saturated rings. The Morgan fingerprint density at radius 3 is 2.08 bits per heavy atom. The predicted octanol–water partition coefficient (Wildman–Crippen LogP) is 6.81. The number of thioether (sulfide) groups is 1. The van der Waals surface area contributed by atoms with E-state index in [0.717, 1.165) is 17.1 Å². The lowest BCUT2D eigenvalue weighted by atomic mass is 10.1. The molecule has 0 aliphatic rings. The largest absolute Gasteiger partial charge is 0.294 e. The number of non-ortho nitro benzene ring substituents is 1. The summed E-state index contributed by atoms with van der Waals surface area (Å²) >= 11 is 1.63. The highest BCUT2D eigenvalue weighted by molar-refractivity contribution is 7.99. The molecule has 0 radical (unpaired) electrons. The number of nitro benzene ring substituents is 1. The van der Waals surface area contributed by atoms with Gasteiger partial charge >= 0.3 is 0 Å². The molecule has 0 aliphatic carbocycles. The summed E-state index contributed by atoms with van der Waals surface area (Å²) in [7, 11) is 0. The van der Waals surface area contributed by atoms with Crippen molar-refractivity contribution in [3.63, 3.8) is 0 Å². The van der Waals surface area contributed by atoms with Crippen LogP contribution in [0.25, 0.3) is 0 Å². The van der Waals surface area contributed by atoms with Crippen LogP contribution >= 0.6 is 11.8 Å². The minimum absolute atomic E-state index is 0.0199. The van der Waals surface area contributed by atoms with Gasteiger partial charge in [-0.1, -0.05) is 64.7 Å². The molecule has 0 atom stereocenters. The summed E-state index contributed by atoms with van der Waals surface area (Å²) in [5.74, 6) is 0.837. The Balaban J connectivity index is 2.21. The van der Waals surface area contributed by atoms with Crippen molar-refractivity contribution in [2.75, 3.05) is 5.75 Å². The Kier molecular flexibility index (Phi) is 11.2. The molecular formula is C20H31NO3S. The highest BCUT2D eigenvalue weighted by Crippen LogP contribution is 2.28. The molecule has 0 aliphatic heterocycles. The average molecular weight is 366 g/mol. The molecule has 5 heteroatoms. The lowest BCUT2D eigenvalue weighted by Crippen LogP contribution is -1.98. The van der Waals surface area contributed by atoms with Gasteiger partial charge in [-0.3, -0.25) is 14.9 Å². The molecular weight excluding hydrogens is 334 g/mol.